The summed E-state index contributed by atoms with van der Waals surface area (Å²) < 4.78 is 0. The van der Waals surface area contributed by atoms with E-state index >= 15 is 0 Å². The summed E-state index contributed by atoms with van der Waals surface area (Å²) in [5, 5.41) is 0. The van der Waals surface area contributed by atoms with Crippen molar-refractivity contribution in [3.8, 4) is 0 Å². The summed E-state index contributed by atoms with van der Waals surface area (Å²) in [6.45, 7) is 7.00. The van der Waals surface area contributed by atoms with Crippen LogP contribution >= 0.6 is 0 Å². The van der Waals surface area contributed by atoms with Crippen molar-refractivity contribution >= 4 is 0 Å². The van der Waals surface area contributed by atoms with E-state index in [4.69, 9.17) is 5.73 Å². The molecule has 1 heterocycles. The molecule has 1 aromatic carbocycles. The van der Waals surface area contributed by atoms with E-state index in [0.717, 1.165) is 5.92 Å². The van der Waals surface area contributed by atoms with E-state index in [1.807, 2.05) is 6.07 Å². The normalized spacial score (nSPS) is 22.3. The summed E-state index contributed by atoms with van der Waals surface area (Å²) in [5.41, 5.74) is 7.61. The zero-order valence-electron chi connectivity index (χ0n) is 11.0. The molecule has 2 rings (SSSR count). The van der Waals surface area contributed by atoms with Gasteiger partial charge in [0.1, 0.15) is 0 Å². The van der Waals surface area contributed by atoms with Crippen molar-refractivity contribution in [3.63, 3.8) is 0 Å². The van der Waals surface area contributed by atoms with Crippen LogP contribution in [0, 0.1) is 5.92 Å². The third kappa shape index (κ3) is 3.08. The quantitative estimate of drug-likeness (QED) is 0.868. The van der Waals surface area contributed by atoms with Gasteiger partial charge in [0.05, 0.1) is 0 Å². The summed E-state index contributed by atoms with van der Waals surface area (Å²) in [6, 6.07) is 11.0. The van der Waals surface area contributed by atoms with Crippen LogP contribution in [0.4, 0.5) is 0 Å². The van der Waals surface area contributed by atoms with Crippen molar-refractivity contribution in [1.82, 2.24) is 4.90 Å². The van der Waals surface area contributed by atoms with Gasteiger partial charge in [0.15, 0.2) is 0 Å². The second-order valence-corrected chi connectivity index (χ2v) is 5.40. The maximum atomic E-state index is 6.36. The first kappa shape index (κ1) is 12.6. The monoisotopic (exact) mass is 232 g/mol. The van der Waals surface area contributed by atoms with E-state index in [1.165, 1.54) is 31.5 Å². The van der Waals surface area contributed by atoms with Crippen LogP contribution in [-0.4, -0.2) is 24.0 Å². The topological polar surface area (TPSA) is 29.3 Å². The van der Waals surface area contributed by atoms with Crippen molar-refractivity contribution in [2.45, 2.75) is 38.8 Å². The summed E-state index contributed by atoms with van der Waals surface area (Å²) in [4.78, 5) is 2.54. The highest BCUT2D eigenvalue weighted by Gasteiger charge is 2.24. The number of hydrogen-bond acceptors (Lipinski definition) is 2. The zero-order chi connectivity index (χ0) is 12.3. The third-order valence-electron chi connectivity index (χ3n) is 4.10. The Kier molecular flexibility index (Phi) is 4.19. The fourth-order valence-electron chi connectivity index (χ4n) is 2.62. The van der Waals surface area contributed by atoms with Gasteiger partial charge in [-0.05, 0) is 44.3 Å². The smallest absolute Gasteiger partial charge is 0.0450 e. The van der Waals surface area contributed by atoms with Gasteiger partial charge in [-0.1, -0.05) is 37.3 Å². The van der Waals surface area contributed by atoms with Crippen LogP contribution in [0.15, 0.2) is 30.3 Å². The molecule has 0 aliphatic carbocycles. The van der Waals surface area contributed by atoms with Crippen LogP contribution < -0.4 is 5.73 Å². The van der Waals surface area contributed by atoms with Gasteiger partial charge in [-0.3, -0.25) is 4.90 Å². The zero-order valence-corrected chi connectivity index (χ0v) is 11.0. The molecule has 0 aromatic heterocycles. The van der Waals surface area contributed by atoms with Gasteiger partial charge >= 0.3 is 0 Å². The van der Waals surface area contributed by atoms with Crippen molar-refractivity contribution in [1.29, 1.82) is 0 Å². The molecular formula is C15H24N2. The number of piperidine rings is 1. The lowest BCUT2D eigenvalue weighted by Gasteiger charge is -2.37. The minimum absolute atomic E-state index is 0.129. The molecular weight excluding hydrogens is 208 g/mol. The van der Waals surface area contributed by atoms with Crippen molar-refractivity contribution in [3.05, 3.63) is 35.9 Å². The minimum atomic E-state index is 0.129. The summed E-state index contributed by atoms with van der Waals surface area (Å²) in [5.74, 6) is 0.881. The van der Waals surface area contributed by atoms with E-state index in [2.05, 4.69) is 43.0 Å². The number of nitrogens with two attached hydrogens (primary N) is 1. The molecule has 2 unspecified atom stereocenters. The maximum absolute atomic E-state index is 6.36. The number of hydrogen-bond donors (Lipinski definition) is 1. The Hall–Kier alpha value is -0.860. The molecule has 1 fully saturated rings. The van der Waals surface area contributed by atoms with Crippen molar-refractivity contribution in [2.75, 3.05) is 13.1 Å². The van der Waals surface area contributed by atoms with E-state index in [1.54, 1.807) is 0 Å². The summed E-state index contributed by atoms with van der Waals surface area (Å²) in [6.07, 6.45) is 2.62. The summed E-state index contributed by atoms with van der Waals surface area (Å²) >= 11 is 0. The van der Waals surface area contributed by atoms with Crippen molar-refractivity contribution in [2.24, 2.45) is 11.7 Å². The second-order valence-electron chi connectivity index (χ2n) is 5.40. The van der Waals surface area contributed by atoms with Crippen LogP contribution in [-0.2, 0) is 0 Å². The molecule has 2 N–H and O–H groups in total. The molecule has 2 nitrogen and oxygen atoms in total. The number of benzene rings is 1. The SMILES string of the molecule is CC1CCN(C(C)C(N)c2ccccc2)CC1. The Balaban J connectivity index is 1.98. The van der Waals surface area contributed by atoms with Gasteiger partial charge in [-0.15, -0.1) is 0 Å². The predicted molar refractivity (Wildman–Crippen MR) is 72.8 cm³/mol. The Labute approximate surface area is 105 Å². The van der Waals surface area contributed by atoms with Gasteiger partial charge in [-0.2, -0.15) is 0 Å². The van der Waals surface area contributed by atoms with Gasteiger partial charge < -0.3 is 5.73 Å². The molecule has 2 heteroatoms. The predicted octanol–water partition coefficient (Wildman–Crippen LogP) is 2.81. The lowest BCUT2D eigenvalue weighted by Crippen LogP contribution is -2.44. The van der Waals surface area contributed by atoms with E-state index in [-0.39, 0.29) is 6.04 Å². The molecule has 94 valence electrons. The van der Waals surface area contributed by atoms with Gasteiger partial charge in [-0.25, -0.2) is 0 Å². The summed E-state index contributed by atoms with van der Waals surface area (Å²) in [7, 11) is 0. The van der Waals surface area contributed by atoms with E-state index in [0.29, 0.717) is 6.04 Å². The fraction of sp³-hybridized carbons (Fsp3) is 0.600. The highest BCUT2D eigenvalue weighted by Crippen LogP contribution is 2.23. The number of rotatable bonds is 3. The minimum Gasteiger partial charge on any atom is -0.323 e. The second kappa shape index (κ2) is 5.65. The number of nitrogens with zero attached hydrogens (tertiary/aromatic N) is 1. The van der Waals surface area contributed by atoms with Gasteiger partial charge in [0.25, 0.3) is 0 Å². The highest BCUT2D eigenvalue weighted by atomic mass is 15.2. The Bertz CT molecular complexity index is 328. The molecule has 2 atom stereocenters. The first-order valence-electron chi connectivity index (χ1n) is 6.73. The van der Waals surface area contributed by atoms with Crippen LogP contribution in [0.5, 0.6) is 0 Å². The highest BCUT2D eigenvalue weighted by molar-refractivity contribution is 5.19. The fourth-order valence-corrected chi connectivity index (χ4v) is 2.62. The Morgan fingerprint density at radius 1 is 1.18 bits per heavy atom. The largest absolute Gasteiger partial charge is 0.323 e. The van der Waals surface area contributed by atoms with Crippen molar-refractivity contribution < 1.29 is 0 Å². The average molecular weight is 232 g/mol. The molecule has 1 saturated heterocycles. The van der Waals surface area contributed by atoms with Crippen LogP contribution in [0.2, 0.25) is 0 Å². The molecule has 17 heavy (non-hydrogen) atoms. The van der Waals surface area contributed by atoms with Gasteiger partial charge in [0, 0.05) is 12.1 Å². The maximum Gasteiger partial charge on any atom is 0.0450 e. The lowest BCUT2D eigenvalue weighted by molar-refractivity contribution is 0.130. The first-order chi connectivity index (χ1) is 8.18. The molecule has 0 amide bonds. The molecule has 1 aliphatic heterocycles. The third-order valence-corrected chi connectivity index (χ3v) is 4.10. The molecule has 1 aromatic rings. The average Bonchev–Trinajstić information content (AvgIpc) is 2.39. The van der Waals surface area contributed by atoms with Gasteiger partial charge in [0.2, 0.25) is 0 Å². The molecule has 1 aliphatic rings. The first-order valence-corrected chi connectivity index (χ1v) is 6.73. The van der Waals surface area contributed by atoms with E-state index in [9.17, 15) is 0 Å². The Morgan fingerprint density at radius 2 is 1.76 bits per heavy atom. The molecule has 0 radical (unpaired) electrons. The molecule has 0 bridgehead atoms. The molecule has 0 saturated carbocycles. The molecule has 0 spiro atoms. The van der Waals surface area contributed by atoms with Crippen LogP contribution in [0.25, 0.3) is 0 Å². The number of likely N-dealkylation sites (tertiary alicyclic amines) is 1. The lowest BCUT2D eigenvalue weighted by atomic mass is 9.94. The standard InChI is InChI=1S/C15H24N2/c1-12-8-10-17(11-9-12)13(2)15(16)14-6-4-3-5-7-14/h3-7,12-13,15H,8-11,16H2,1-2H3. The Morgan fingerprint density at radius 3 is 2.35 bits per heavy atom. The van der Waals surface area contributed by atoms with Crippen LogP contribution in [0.1, 0.15) is 38.3 Å². The van der Waals surface area contributed by atoms with Crippen LogP contribution in [0.3, 0.4) is 0 Å². The van der Waals surface area contributed by atoms with E-state index < -0.39 is 0 Å².